The molecule has 1 heterocycles. The van der Waals surface area contributed by atoms with Crippen molar-refractivity contribution in [3.05, 3.63) is 18.3 Å². The van der Waals surface area contributed by atoms with Gasteiger partial charge >= 0.3 is 0 Å². The molecule has 0 radical (unpaired) electrons. The van der Waals surface area contributed by atoms with Crippen molar-refractivity contribution in [1.29, 1.82) is 0 Å². The van der Waals surface area contributed by atoms with Crippen LogP contribution >= 0.6 is 0 Å². The molecule has 0 aliphatic carbocycles. The number of hydrogen-bond donors (Lipinski definition) is 2. The summed E-state index contributed by atoms with van der Waals surface area (Å²) in [6.07, 6.45) is 3.38. The highest BCUT2D eigenvalue weighted by atomic mass is 16.1. The zero-order chi connectivity index (χ0) is 13.5. The van der Waals surface area contributed by atoms with Gasteiger partial charge in [-0.15, -0.1) is 0 Å². The lowest BCUT2D eigenvalue weighted by Crippen LogP contribution is -2.23. The molecule has 1 rings (SSSR count). The molecule has 18 heavy (non-hydrogen) atoms. The number of rotatable bonds is 6. The summed E-state index contributed by atoms with van der Waals surface area (Å²) in [4.78, 5) is 18.1. The number of nitrogens with one attached hydrogen (secondary N) is 1. The first-order valence-corrected chi connectivity index (χ1v) is 6.19. The Labute approximate surface area is 108 Å². The Balaban J connectivity index is 2.69. The average molecular weight is 250 g/mol. The van der Waals surface area contributed by atoms with Gasteiger partial charge in [0.25, 0.3) is 0 Å². The van der Waals surface area contributed by atoms with E-state index in [2.05, 4.69) is 10.3 Å². The SMILES string of the molecule is CC(CCCN)C(=O)Nc1cccnc1N(C)C. The van der Waals surface area contributed by atoms with E-state index in [9.17, 15) is 4.79 Å². The van der Waals surface area contributed by atoms with Crippen LogP contribution in [0.15, 0.2) is 18.3 Å². The van der Waals surface area contributed by atoms with Crippen molar-refractivity contribution in [3.8, 4) is 0 Å². The van der Waals surface area contributed by atoms with Gasteiger partial charge < -0.3 is 16.0 Å². The molecule has 3 N–H and O–H groups in total. The van der Waals surface area contributed by atoms with Crippen molar-refractivity contribution in [2.75, 3.05) is 30.9 Å². The van der Waals surface area contributed by atoms with Crippen LogP contribution in [0.25, 0.3) is 0 Å². The first-order valence-electron chi connectivity index (χ1n) is 6.19. The van der Waals surface area contributed by atoms with Gasteiger partial charge in [0, 0.05) is 26.2 Å². The second kappa shape index (κ2) is 6.96. The molecule has 0 saturated heterocycles. The molecule has 1 aromatic rings. The number of carbonyl (C=O) groups is 1. The quantitative estimate of drug-likeness (QED) is 0.802. The number of carbonyl (C=O) groups excluding carboxylic acids is 1. The minimum atomic E-state index is -0.0382. The zero-order valence-electron chi connectivity index (χ0n) is 11.3. The lowest BCUT2D eigenvalue weighted by atomic mass is 10.0. The van der Waals surface area contributed by atoms with E-state index in [0.717, 1.165) is 24.3 Å². The summed E-state index contributed by atoms with van der Waals surface area (Å²) in [5.41, 5.74) is 6.19. The summed E-state index contributed by atoms with van der Waals surface area (Å²) in [5, 5.41) is 2.92. The van der Waals surface area contributed by atoms with Crippen molar-refractivity contribution < 1.29 is 4.79 Å². The minimum Gasteiger partial charge on any atom is -0.361 e. The first-order chi connectivity index (χ1) is 8.56. The van der Waals surface area contributed by atoms with Crippen molar-refractivity contribution in [2.24, 2.45) is 11.7 Å². The zero-order valence-corrected chi connectivity index (χ0v) is 11.3. The number of nitrogens with two attached hydrogens (primary N) is 1. The van der Waals surface area contributed by atoms with Gasteiger partial charge in [0.2, 0.25) is 5.91 Å². The number of amides is 1. The van der Waals surface area contributed by atoms with Crippen molar-refractivity contribution in [2.45, 2.75) is 19.8 Å². The van der Waals surface area contributed by atoms with Gasteiger partial charge in [0.15, 0.2) is 5.82 Å². The highest BCUT2D eigenvalue weighted by Crippen LogP contribution is 2.21. The number of pyridine rings is 1. The van der Waals surface area contributed by atoms with Gasteiger partial charge in [-0.25, -0.2) is 4.98 Å². The van der Waals surface area contributed by atoms with Gasteiger partial charge in [-0.3, -0.25) is 4.79 Å². The summed E-state index contributed by atoms with van der Waals surface area (Å²) < 4.78 is 0. The molecule has 0 fully saturated rings. The first kappa shape index (κ1) is 14.4. The molecular formula is C13H22N4O. The van der Waals surface area contributed by atoms with E-state index in [0.29, 0.717) is 6.54 Å². The highest BCUT2D eigenvalue weighted by molar-refractivity contribution is 5.94. The van der Waals surface area contributed by atoms with Crippen LogP contribution in [0, 0.1) is 5.92 Å². The summed E-state index contributed by atoms with van der Waals surface area (Å²) in [6.45, 7) is 2.53. The number of hydrogen-bond acceptors (Lipinski definition) is 4. The predicted molar refractivity (Wildman–Crippen MR) is 74.6 cm³/mol. The highest BCUT2D eigenvalue weighted by Gasteiger charge is 2.14. The summed E-state index contributed by atoms with van der Waals surface area (Å²) in [7, 11) is 3.80. The van der Waals surface area contributed by atoms with E-state index in [1.165, 1.54) is 0 Å². The van der Waals surface area contributed by atoms with E-state index in [1.807, 2.05) is 38.1 Å². The molecule has 0 aromatic carbocycles. The van der Waals surface area contributed by atoms with Gasteiger partial charge in [0.05, 0.1) is 5.69 Å². The van der Waals surface area contributed by atoms with Crippen molar-refractivity contribution in [3.63, 3.8) is 0 Å². The van der Waals surface area contributed by atoms with Crippen LogP contribution in [0.5, 0.6) is 0 Å². The fourth-order valence-electron chi connectivity index (χ4n) is 1.66. The predicted octanol–water partition coefficient (Wildman–Crippen LogP) is 1.46. The molecule has 0 saturated carbocycles. The van der Waals surface area contributed by atoms with Gasteiger partial charge in [-0.05, 0) is 31.5 Å². The van der Waals surface area contributed by atoms with E-state index in [-0.39, 0.29) is 11.8 Å². The third-order valence-corrected chi connectivity index (χ3v) is 2.76. The molecule has 100 valence electrons. The fourth-order valence-corrected chi connectivity index (χ4v) is 1.66. The monoisotopic (exact) mass is 250 g/mol. The van der Waals surface area contributed by atoms with Crippen LogP contribution in [0.1, 0.15) is 19.8 Å². The molecule has 0 aliphatic heterocycles. The molecular weight excluding hydrogens is 228 g/mol. The Morgan fingerprint density at radius 3 is 2.89 bits per heavy atom. The molecule has 0 spiro atoms. The van der Waals surface area contributed by atoms with E-state index < -0.39 is 0 Å². The van der Waals surface area contributed by atoms with Crippen molar-refractivity contribution in [1.82, 2.24) is 4.98 Å². The Hall–Kier alpha value is -1.62. The third-order valence-electron chi connectivity index (χ3n) is 2.76. The van der Waals surface area contributed by atoms with E-state index in [1.54, 1.807) is 6.20 Å². The van der Waals surface area contributed by atoms with Gasteiger partial charge in [-0.2, -0.15) is 0 Å². The second-order valence-corrected chi connectivity index (χ2v) is 4.59. The molecule has 1 unspecified atom stereocenters. The lowest BCUT2D eigenvalue weighted by Gasteiger charge is -2.18. The topological polar surface area (TPSA) is 71.2 Å². The number of nitrogens with zero attached hydrogens (tertiary/aromatic N) is 2. The fraction of sp³-hybridized carbons (Fsp3) is 0.538. The van der Waals surface area contributed by atoms with E-state index in [4.69, 9.17) is 5.73 Å². The van der Waals surface area contributed by atoms with Crippen LogP contribution in [-0.2, 0) is 4.79 Å². The molecule has 5 nitrogen and oxygen atoms in total. The Kier molecular flexibility index (Phi) is 5.58. The molecule has 1 amide bonds. The average Bonchev–Trinajstić information content (AvgIpc) is 2.36. The maximum absolute atomic E-state index is 12.0. The third kappa shape index (κ3) is 4.00. The minimum absolute atomic E-state index is 0.0135. The van der Waals surface area contributed by atoms with Crippen LogP contribution < -0.4 is 16.0 Å². The summed E-state index contributed by atoms with van der Waals surface area (Å²) >= 11 is 0. The maximum Gasteiger partial charge on any atom is 0.227 e. The smallest absolute Gasteiger partial charge is 0.227 e. The van der Waals surface area contributed by atoms with Crippen LogP contribution in [-0.4, -0.2) is 31.5 Å². The van der Waals surface area contributed by atoms with E-state index >= 15 is 0 Å². The number of anilines is 2. The van der Waals surface area contributed by atoms with Crippen LogP contribution in [0.4, 0.5) is 11.5 Å². The molecule has 5 heteroatoms. The van der Waals surface area contributed by atoms with Crippen LogP contribution in [0.2, 0.25) is 0 Å². The largest absolute Gasteiger partial charge is 0.361 e. The second-order valence-electron chi connectivity index (χ2n) is 4.59. The van der Waals surface area contributed by atoms with Crippen molar-refractivity contribution >= 4 is 17.4 Å². The lowest BCUT2D eigenvalue weighted by molar-refractivity contribution is -0.119. The Morgan fingerprint density at radius 1 is 1.56 bits per heavy atom. The standard InChI is InChI=1S/C13H22N4O/c1-10(6-4-8-14)13(18)16-11-7-5-9-15-12(11)17(2)3/h5,7,9-10H,4,6,8,14H2,1-3H3,(H,16,18). The molecule has 1 atom stereocenters. The number of aromatic nitrogens is 1. The Bertz CT molecular complexity index is 392. The summed E-state index contributed by atoms with van der Waals surface area (Å²) in [6, 6.07) is 3.67. The maximum atomic E-state index is 12.0. The normalized spacial score (nSPS) is 12.0. The van der Waals surface area contributed by atoms with Gasteiger partial charge in [-0.1, -0.05) is 6.92 Å². The molecule has 1 aromatic heterocycles. The molecule has 0 aliphatic rings. The van der Waals surface area contributed by atoms with Gasteiger partial charge in [0.1, 0.15) is 0 Å². The summed E-state index contributed by atoms with van der Waals surface area (Å²) in [5.74, 6) is 0.736. The Morgan fingerprint density at radius 2 is 2.28 bits per heavy atom. The van der Waals surface area contributed by atoms with Crippen LogP contribution in [0.3, 0.4) is 0 Å². The molecule has 0 bridgehead atoms.